The molecule has 4 N–H and O–H groups in total. The van der Waals surface area contributed by atoms with Gasteiger partial charge in [0.05, 0.1) is 17.3 Å². The number of benzene rings is 2. The zero-order chi connectivity index (χ0) is 34.4. The topological polar surface area (TPSA) is 154 Å². The molecule has 1 saturated heterocycles. The smallest absolute Gasteiger partial charge is 0.407 e. The lowest BCUT2D eigenvalue weighted by molar-refractivity contribution is -0.134. The van der Waals surface area contributed by atoms with Crippen LogP contribution in [0.15, 0.2) is 61.2 Å². The minimum absolute atomic E-state index is 0.175. The minimum atomic E-state index is -2.77. The molecule has 1 aliphatic heterocycles. The van der Waals surface area contributed by atoms with Crippen molar-refractivity contribution in [2.45, 2.75) is 70.6 Å². The number of hydrogen-bond acceptors (Lipinski definition) is 7. The van der Waals surface area contributed by atoms with Crippen LogP contribution in [0.2, 0.25) is 5.02 Å². The van der Waals surface area contributed by atoms with Crippen molar-refractivity contribution in [1.29, 1.82) is 5.41 Å². The number of rotatable bonds is 10. The summed E-state index contributed by atoms with van der Waals surface area (Å²) >= 11 is 6.53. The number of H-pyrrole nitrogens is 1. The maximum absolute atomic E-state index is 14.8. The summed E-state index contributed by atoms with van der Waals surface area (Å²) in [5.41, 5.74) is 0.695. The van der Waals surface area contributed by atoms with Gasteiger partial charge in [-0.05, 0) is 60.4 Å². The van der Waals surface area contributed by atoms with E-state index in [0.717, 1.165) is 12.8 Å². The molecule has 252 valence electrons. The second kappa shape index (κ2) is 12.3. The molecule has 12 nitrogen and oxygen atoms in total. The summed E-state index contributed by atoms with van der Waals surface area (Å²) in [6, 6.07) is 11.2. The van der Waals surface area contributed by atoms with Crippen LogP contribution >= 0.6 is 11.6 Å². The van der Waals surface area contributed by atoms with Gasteiger partial charge in [0, 0.05) is 22.9 Å². The fourth-order valence-electron chi connectivity index (χ4n) is 6.01. The molecule has 2 aliphatic rings. The maximum Gasteiger partial charge on any atom is 0.407 e. The number of alkyl halides is 2. The van der Waals surface area contributed by atoms with E-state index >= 15 is 0 Å². The van der Waals surface area contributed by atoms with E-state index in [9.17, 15) is 18.4 Å². The lowest BCUT2D eigenvalue weighted by Gasteiger charge is -2.35. The van der Waals surface area contributed by atoms with E-state index in [2.05, 4.69) is 30.9 Å². The number of aromatic nitrogens is 5. The van der Waals surface area contributed by atoms with Crippen LogP contribution in [0, 0.1) is 10.8 Å². The highest BCUT2D eigenvalue weighted by Crippen LogP contribution is 2.43. The number of carbonyl (C=O) groups excluding carboxylic acids is 2. The average molecular weight is 680 g/mol. The van der Waals surface area contributed by atoms with Crippen molar-refractivity contribution in [3.63, 3.8) is 0 Å². The Morgan fingerprint density at radius 1 is 1.17 bits per heavy atom. The number of aromatic amines is 1. The second-order valence-corrected chi connectivity index (χ2v) is 14.1. The van der Waals surface area contributed by atoms with Crippen LogP contribution in [0.25, 0.3) is 22.5 Å². The third kappa shape index (κ3) is 6.61. The Hall–Kier alpha value is -4.85. The molecule has 0 radical (unpaired) electrons. The van der Waals surface area contributed by atoms with Gasteiger partial charge >= 0.3 is 12.6 Å². The van der Waals surface area contributed by atoms with Gasteiger partial charge in [0.25, 0.3) is 5.91 Å². The summed E-state index contributed by atoms with van der Waals surface area (Å²) in [5, 5.41) is 26.0. The number of ether oxygens (including phenoxy) is 1. The molecule has 1 saturated carbocycles. The summed E-state index contributed by atoms with van der Waals surface area (Å²) < 4.78 is 32.6. The van der Waals surface area contributed by atoms with E-state index in [1.807, 2.05) is 27.7 Å². The largest absolute Gasteiger partial charge is 0.447 e. The summed E-state index contributed by atoms with van der Waals surface area (Å²) in [5.74, 6) is -0.186. The number of halogens is 3. The van der Waals surface area contributed by atoms with Gasteiger partial charge in [-0.3, -0.25) is 20.2 Å². The Labute approximate surface area is 280 Å². The fraction of sp³-hybridized carbons (Fsp3) is 0.394. The van der Waals surface area contributed by atoms with Crippen molar-refractivity contribution in [3.8, 4) is 22.5 Å². The molecule has 48 heavy (non-hydrogen) atoms. The first-order valence-corrected chi connectivity index (χ1v) is 15.8. The van der Waals surface area contributed by atoms with Gasteiger partial charge in [-0.25, -0.2) is 14.5 Å². The van der Waals surface area contributed by atoms with Crippen LogP contribution < -0.4 is 10.6 Å². The highest BCUT2D eigenvalue weighted by molar-refractivity contribution is 6.33. The van der Waals surface area contributed by atoms with Crippen molar-refractivity contribution >= 4 is 29.6 Å². The van der Waals surface area contributed by atoms with Crippen molar-refractivity contribution in [1.82, 2.24) is 40.5 Å². The first-order chi connectivity index (χ1) is 22.7. The number of amides is 2. The van der Waals surface area contributed by atoms with Crippen molar-refractivity contribution in [2.75, 3.05) is 6.61 Å². The molecule has 0 bridgehead atoms. The van der Waals surface area contributed by atoms with Gasteiger partial charge in [-0.2, -0.15) is 19.0 Å². The van der Waals surface area contributed by atoms with Crippen molar-refractivity contribution in [2.24, 2.45) is 5.41 Å². The zero-order valence-corrected chi connectivity index (χ0v) is 27.6. The van der Waals surface area contributed by atoms with E-state index in [-0.39, 0.29) is 23.5 Å². The monoisotopic (exact) mass is 679 g/mol. The van der Waals surface area contributed by atoms with Gasteiger partial charge < -0.3 is 15.4 Å². The number of carbonyl (C=O) groups is 2. The zero-order valence-electron chi connectivity index (χ0n) is 26.9. The van der Waals surface area contributed by atoms with Gasteiger partial charge in [0.1, 0.15) is 18.5 Å². The molecule has 0 spiro atoms. The molecule has 1 unspecified atom stereocenters. The van der Waals surface area contributed by atoms with Crippen LogP contribution in [-0.4, -0.2) is 60.0 Å². The predicted octanol–water partition coefficient (Wildman–Crippen LogP) is 6.40. The first kappa shape index (κ1) is 33.1. The van der Waals surface area contributed by atoms with E-state index in [1.54, 1.807) is 42.5 Å². The minimum Gasteiger partial charge on any atom is -0.447 e. The van der Waals surface area contributed by atoms with Crippen molar-refractivity contribution < 1.29 is 23.1 Å². The Morgan fingerprint density at radius 2 is 1.90 bits per heavy atom. The van der Waals surface area contributed by atoms with Crippen LogP contribution in [0.1, 0.15) is 70.7 Å². The molecule has 4 aromatic rings. The Balaban J connectivity index is 1.38. The normalized spacial score (nSPS) is 19.4. The molecule has 1 aliphatic carbocycles. The van der Waals surface area contributed by atoms with Crippen molar-refractivity contribution in [3.05, 3.63) is 77.3 Å². The number of hydrogen-bond donors (Lipinski definition) is 4. The molecule has 15 heteroatoms. The first-order valence-electron chi connectivity index (χ1n) is 15.4. The van der Waals surface area contributed by atoms with Gasteiger partial charge in [0.15, 0.2) is 11.8 Å². The molecular weight excluding hydrogens is 644 g/mol. The number of alkyl carbamates (subject to hydrolysis) is 1. The van der Waals surface area contributed by atoms with Gasteiger partial charge in [-0.15, -0.1) is 0 Å². The summed E-state index contributed by atoms with van der Waals surface area (Å²) in [4.78, 5) is 33.2. The maximum atomic E-state index is 14.8. The van der Waals surface area contributed by atoms with E-state index in [4.69, 9.17) is 21.7 Å². The number of nitrogens with zero attached hydrogens (tertiary/aromatic N) is 5. The molecular formula is C33H36ClF2N9O3. The Morgan fingerprint density at radius 3 is 2.50 bits per heavy atom. The average Bonchev–Trinajstić information content (AvgIpc) is 3.42. The van der Waals surface area contributed by atoms with E-state index < -0.39 is 30.1 Å². The lowest BCUT2D eigenvalue weighted by Crippen LogP contribution is -2.47. The Bertz CT molecular complexity index is 1840. The fourth-order valence-corrected chi connectivity index (χ4v) is 6.22. The molecule has 2 fully saturated rings. The standard InChI is InChI=1S/C33H36ClF2N9O3/c1-31(2,3)17-33(22-8-5-19(6-9-22)21-14-40-44(15-21)28(35)36)27(46)45(29(37)41-33)25(16-48-30(47)42-32(4)11-12-32)20-7-10-24(34)23(13-20)26-38-18-39-43-26/h5-10,13-15,18,25,28H,11-12,16-17H2,1-4H3,(H2,37,41)(H,42,47)(H,38,39,43)/t25?,33-/m1/s1. The van der Waals surface area contributed by atoms with Crippen LogP contribution in [-0.2, 0) is 15.1 Å². The van der Waals surface area contributed by atoms with E-state index in [0.29, 0.717) is 49.8 Å². The van der Waals surface area contributed by atoms with E-state index in [1.165, 1.54) is 23.6 Å². The number of guanidine groups is 1. The SMILES string of the molecule is CC(C)(C)C[C@]1(c2ccc(-c3cnn(C(F)F)c3)cc2)NC(=N)N(C(COC(=O)NC2(C)CC2)c2ccc(Cl)c(-c3ncn[nH]3)c2)C1=O. The molecule has 6 rings (SSSR count). The molecule has 2 aromatic heterocycles. The second-order valence-electron chi connectivity index (χ2n) is 13.7. The number of nitrogens with one attached hydrogen (secondary N) is 4. The molecule has 2 atom stereocenters. The predicted molar refractivity (Wildman–Crippen MR) is 174 cm³/mol. The van der Waals surface area contributed by atoms with Gasteiger partial charge in [0.2, 0.25) is 0 Å². The van der Waals surface area contributed by atoms with Gasteiger partial charge in [-0.1, -0.05) is 62.7 Å². The quantitative estimate of drug-likeness (QED) is 0.151. The van der Waals surface area contributed by atoms with Crippen LogP contribution in [0.3, 0.4) is 0 Å². The molecule has 3 heterocycles. The summed E-state index contributed by atoms with van der Waals surface area (Å²) in [6.07, 6.45) is 5.31. The summed E-state index contributed by atoms with van der Waals surface area (Å²) in [6.45, 7) is 4.89. The highest BCUT2D eigenvalue weighted by atomic mass is 35.5. The highest BCUT2D eigenvalue weighted by Gasteiger charge is 2.54. The van der Waals surface area contributed by atoms with Crippen LogP contribution in [0.4, 0.5) is 13.6 Å². The molecule has 2 aromatic carbocycles. The third-order valence-electron chi connectivity index (χ3n) is 8.60. The third-order valence-corrected chi connectivity index (χ3v) is 8.93. The summed E-state index contributed by atoms with van der Waals surface area (Å²) in [7, 11) is 0. The van der Waals surface area contributed by atoms with Crippen LogP contribution in [0.5, 0.6) is 0 Å². The lowest BCUT2D eigenvalue weighted by atomic mass is 9.75. The Kier molecular flexibility index (Phi) is 8.48. The molecule has 2 amide bonds.